The number of hydrogen-bond donors (Lipinski definition) is 10. The fourth-order valence-electron chi connectivity index (χ4n) is 6.24. The first-order valence-electron chi connectivity index (χ1n) is 16.8. The highest BCUT2D eigenvalue weighted by molar-refractivity contribution is 5.94. The topological polar surface area (TPSA) is 326 Å². The number of nitrogens with zero attached hydrogens (tertiary/aromatic N) is 3. The molecule has 1 heterocycles. The van der Waals surface area contributed by atoms with Gasteiger partial charge in [-0.1, -0.05) is 12.8 Å². The minimum absolute atomic E-state index is 0.0110. The monoisotopic (exact) mass is 680 g/mol. The zero-order valence-corrected chi connectivity index (χ0v) is 27.9. The van der Waals surface area contributed by atoms with E-state index >= 15 is 0 Å². The summed E-state index contributed by atoms with van der Waals surface area (Å²) in [5.41, 5.74) is 33.4. The summed E-state index contributed by atoms with van der Waals surface area (Å²) in [6, 6.07) is -4.68. The van der Waals surface area contributed by atoms with Gasteiger partial charge in [-0.3, -0.25) is 29.2 Å². The lowest BCUT2D eigenvalue weighted by Gasteiger charge is -2.35. The van der Waals surface area contributed by atoms with Crippen molar-refractivity contribution in [2.45, 2.75) is 120 Å². The third-order valence-corrected chi connectivity index (χ3v) is 8.82. The van der Waals surface area contributed by atoms with Crippen molar-refractivity contribution in [3.05, 3.63) is 0 Å². The van der Waals surface area contributed by atoms with Gasteiger partial charge in [-0.15, -0.1) is 0 Å². The van der Waals surface area contributed by atoms with Gasteiger partial charge in [-0.2, -0.15) is 0 Å². The summed E-state index contributed by atoms with van der Waals surface area (Å²) < 4.78 is 0. The lowest BCUT2D eigenvalue weighted by Crippen LogP contribution is -2.57. The smallest absolute Gasteiger partial charge is 0.326 e. The van der Waals surface area contributed by atoms with Crippen molar-refractivity contribution in [3.63, 3.8) is 0 Å². The number of nitrogens with one attached hydrogen (secondary N) is 3. The first kappa shape index (κ1) is 40.0. The van der Waals surface area contributed by atoms with Gasteiger partial charge in [0, 0.05) is 25.7 Å². The number of likely N-dealkylation sites (tertiary alicyclic amines) is 1. The third kappa shape index (κ3) is 13.1. The SMILES string of the molecule is C[C@H](NC(=O)[C@@H]1C[C@@H]2CCCC[C@@H]2N1C(=O)[C@@H](N)CCCCNC(=O)[C@@H](N)CCCN=C(N)N)C(=O)N[C@@H](CCCN=C(N)N)C(=O)O. The highest BCUT2D eigenvalue weighted by Crippen LogP contribution is 2.40. The maximum Gasteiger partial charge on any atom is 0.326 e. The predicted octanol–water partition coefficient (Wildman–Crippen LogP) is -2.73. The molecule has 4 amide bonds. The Kier molecular flexibility index (Phi) is 16.9. The highest BCUT2D eigenvalue weighted by atomic mass is 16.4. The number of carbonyl (C=O) groups excluding carboxylic acids is 4. The van der Waals surface area contributed by atoms with Gasteiger partial charge in [-0.25, -0.2) is 4.79 Å². The van der Waals surface area contributed by atoms with Crippen LogP contribution in [0.25, 0.3) is 0 Å². The van der Waals surface area contributed by atoms with Crippen LogP contribution in [-0.2, 0) is 24.0 Å². The second kappa shape index (κ2) is 20.2. The van der Waals surface area contributed by atoms with E-state index in [1.807, 2.05) is 0 Å². The molecule has 0 aromatic rings. The Labute approximate surface area is 281 Å². The fraction of sp³-hybridized carbons (Fsp3) is 0.767. The molecule has 0 unspecified atom stereocenters. The molecule has 48 heavy (non-hydrogen) atoms. The van der Waals surface area contributed by atoms with Gasteiger partial charge in [0.25, 0.3) is 0 Å². The van der Waals surface area contributed by atoms with Crippen LogP contribution in [0.4, 0.5) is 0 Å². The Morgan fingerprint density at radius 3 is 2.04 bits per heavy atom. The average molecular weight is 681 g/mol. The Morgan fingerprint density at radius 1 is 0.812 bits per heavy atom. The number of nitrogens with two attached hydrogens (primary N) is 6. The average Bonchev–Trinajstić information content (AvgIpc) is 3.43. The largest absolute Gasteiger partial charge is 0.480 e. The van der Waals surface area contributed by atoms with Crippen LogP contribution in [-0.4, -0.2) is 107 Å². The molecule has 0 aromatic heterocycles. The van der Waals surface area contributed by atoms with Crippen LogP contribution < -0.4 is 50.4 Å². The molecule has 0 bridgehead atoms. The highest BCUT2D eigenvalue weighted by Gasteiger charge is 2.48. The number of unbranched alkanes of at least 4 members (excludes halogenated alkanes) is 1. The summed E-state index contributed by atoms with van der Waals surface area (Å²) in [5.74, 6) is -2.94. The van der Waals surface area contributed by atoms with Gasteiger partial charge in [-0.05, 0) is 77.0 Å². The zero-order chi connectivity index (χ0) is 35.8. The molecular formula is C30H56N12O6. The summed E-state index contributed by atoms with van der Waals surface area (Å²) in [4.78, 5) is 73.3. The second-order valence-electron chi connectivity index (χ2n) is 12.6. The molecule has 18 nitrogen and oxygen atoms in total. The normalized spacial score (nSPS) is 21.1. The van der Waals surface area contributed by atoms with Gasteiger partial charge in [0.05, 0.1) is 12.1 Å². The minimum atomic E-state index is -1.22. The van der Waals surface area contributed by atoms with E-state index in [4.69, 9.17) is 34.4 Å². The molecule has 16 N–H and O–H groups in total. The number of fused-ring (bicyclic) bond motifs is 1. The molecule has 2 fully saturated rings. The van der Waals surface area contributed by atoms with Crippen LogP contribution in [0.3, 0.4) is 0 Å². The fourth-order valence-corrected chi connectivity index (χ4v) is 6.24. The molecule has 1 saturated heterocycles. The summed E-state index contributed by atoms with van der Waals surface area (Å²) >= 11 is 0. The van der Waals surface area contributed by atoms with E-state index in [2.05, 4.69) is 25.9 Å². The van der Waals surface area contributed by atoms with Crippen LogP contribution in [0.2, 0.25) is 0 Å². The Balaban J connectivity index is 1.90. The molecule has 2 aliphatic rings. The maximum absolute atomic E-state index is 13.7. The number of guanidine groups is 2. The van der Waals surface area contributed by atoms with Gasteiger partial charge in [0.2, 0.25) is 23.6 Å². The van der Waals surface area contributed by atoms with Crippen molar-refractivity contribution in [3.8, 4) is 0 Å². The summed E-state index contributed by atoms with van der Waals surface area (Å²) in [6.45, 7) is 2.43. The van der Waals surface area contributed by atoms with Crippen LogP contribution in [0.15, 0.2) is 9.98 Å². The molecule has 272 valence electrons. The standard InChI is InChI=1S/C30H56N12O6/c1-17(24(43)41-21(28(47)48)11-7-15-39-30(35)36)40-26(45)23-16-18-8-2-3-12-22(18)42(23)27(46)20(32)9-4-5-13-37-25(44)19(31)10-6-14-38-29(33)34/h17-23H,2-16,31-32H2,1H3,(H,37,44)(H,40,45)(H,41,43)(H,47,48)(H4,33,34,38)(H4,35,36,39)/t17-,18-,19-,20-,21-,22-,23-/m0/s1. The van der Waals surface area contributed by atoms with Gasteiger partial charge >= 0.3 is 5.97 Å². The van der Waals surface area contributed by atoms with E-state index in [0.29, 0.717) is 58.0 Å². The number of aliphatic imine (C=N–C) groups is 2. The van der Waals surface area contributed by atoms with Gasteiger partial charge in [0.15, 0.2) is 11.9 Å². The molecule has 1 aliphatic carbocycles. The number of rotatable bonds is 20. The van der Waals surface area contributed by atoms with Gasteiger partial charge < -0.3 is 60.4 Å². The third-order valence-electron chi connectivity index (χ3n) is 8.82. The number of aliphatic carboxylic acids is 1. The van der Waals surface area contributed by atoms with Crippen molar-refractivity contribution in [1.82, 2.24) is 20.9 Å². The van der Waals surface area contributed by atoms with E-state index < -0.39 is 48.0 Å². The molecule has 1 saturated carbocycles. The van der Waals surface area contributed by atoms with Crippen LogP contribution in [0, 0.1) is 5.92 Å². The first-order chi connectivity index (χ1) is 22.7. The van der Waals surface area contributed by atoms with Crippen molar-refractivity contribution in [2.75, 3.05) is 19.6 Å². The van der Waals surface area contributed by atoms with E-state index in [1.54, 1.807) is 4.90 Å². The van der Waals surface area contributed by atoms with Crippen LogP contribution in [0.1, 0.15) is 84.0 Å². The van der Waals surface area contributed by atoms with E-state index in [0.717, 1.165) is 25.7 Å². The Morgan fingerprint density at radius 2 is 1.42 bits per heavy atom. The molecule has 0 aromatic carbocycles. The van der Waals surface area contributed by atoms with Crippen molar-refractivity contribution < 1.29 is 29.1 Å². The molecule has 0 spiro atoms. The molecular weight excluding hydrogens is 624 g/mol. The Hall–Kier alpha value is -4.19. The van der Waals surface area contributed by atoms with Crippen molar-refractivity contribution in [2.24, 2.45) is 50.3 Å². The van der Waals surface area contributed by atoms with Crippen LogP contribution >= 0.6 is 0 Å². The Bertz CT molecular complexity index is 1160. The molecule has 2 rings (SSSR count). The maximum atomic E-state index is 13.7. The first-order valence-corrected chi connectivity index (χ1v) is 16.8. The number of carboxylic acid groups (broad SMARTS) is 1. The summed E-state index contributed by atoms with van der Waals surface area (Å²) in [6.07, 6.45) is 6.99. The van der Waals surface area contributed by atoms with Crippen molar-refractivity contribution in [1.29, 1.82) is 0 Å². The number of hydrogen-bond acceptors (Lipinski definition) is 9. The molecule has 18 heteroatoms. The van der Waals surface area contributed by atoms with E-state index in [9.17, 15) is 29.1 Å². The molecule has 0 radical (unpaired) electrons. The predicted molar refractivity (Wildman–Crippen MR) is 181 cm³/mol. The number of carbonyl (C=O) groups is 5. The zero-order valence-electron chi connectivity index (χ0n) is 27.9. The lowest BCUT2D eigenvalue weighted by molar-refractivity contribution is -0.144. The lowest BCUT2D eigenvalue weighted by atomic mass is 9.84. The van der Waals surface area contributed by atoms with Crippen molar-refractivity contribution >= 4 is 41.5 Å². The number of carboxylic acids is 1. The van der Waals surface area contributed by atoms with E-state index in [-0.39, 0.29) is 48.7 Å². The number of amides is 4. The minimum Gasteiger partial charge on any atom is -0.480 e. The quantitative estimate of drug-likeness (QED) is 0.0356. The second-order valence-corrected chi connectivity index (χ2v) is 12.6. The summed E-state index contributed by atoms with van der Waals surface area (Å²) in [7, 11) is 0. The van der Waals surface area contributed by atoms with Gasteiger partial charge in [0.1, 0.15) is 18.1 Å². The molecule has 7 atom stereocenters. The van der Waals surface area contributed by atoms with Crippen LogP contribution in [0.5, 0.6) is 0 Å². The molecule has 1 aliphatic heterocycles. The van der Waals surface area contributed by atoms with E-state index in [1.165, 1.54) is 6.92 Å². The summed E-state index contributed by atoms with van der Waals surface area (Å²) in [5, 5.41) is 17.5.